The molecular weight excluding hydrogens is 240 g/mol. The molecule has 1 N–H and O–H groups in total. The van der Waals surface area contributed by atoms with Crippen molar-refractivity contribution in [2.45, 2.75) is 19.9 Å². The van der Waals surface area contributed by atoms with Crippen LogP contribution in [0.2, 0.25) is 0 Å². The number of aromatic hydroxyl groups is 1. The largest absolute Gasteiger partial charge is 0.508 e. The van der Waals surface area contributed by atoms with Crippen LogP contribution in [0, 0.1) is 0 Å². The van der Waals surface area contributed by atoms with Crippen molar-refractivity contribution >= 4 is 5.78 Å². The van der Waals surface area contributed by atoms with Gasteiger partial charge in [-0.2, -0.15) is 0 Å². The average Bonchev–Trinajstić information content (AvgIpc) is 2.35. The van der Waals surface area contributed by atoms with Crippen molar-refractivity contribution in [2.24, 2.45) is 0 Å². The molecule has 0 spiro atoms. The van der Waals surface area contributed by atoms with Gasteiger partial charge in [-0.3, -0.25) is 9.69 Å². The number of phenolic OH excluding ortho intramolecular Hbond substituents is 1. The first-order valence-corrected chi connectivity index (χ1v) is 6.65. The number of hydrogen-bond acceptors (Lipinski definition) is 4. The summed E-state index contributed by atoms with van der Waals surface area (Å²) in [7, 11) is 4.07. The van der Waals surface area contributed by atoms with E-state index in [4.69, 9.17) is 0 Å². The molecule has 0 saturated carbocycles. The molecule has 1 rings (SSSR count). The van der Waals surface area contributed by atoms with Crippen molar-refractivity contribution in [2.75, 3.05) is 33.7 Å². The zero-order valence-electron chi connectivity index (χ0n) is 12.3. The zero-order valence-corrected chi connectivity index (χ0v) is 12.3. The van der Waals surface area contributed by atoms with Crippen LogP contribution in [0.3, 0.4) is 0 Å². The molecular formula is C15H24N2O2. The Hall–Kier alpha value is -1.39. The van der Waals surface area contributed by atoms with E-state index < -0.39 is 0 Å². The van der Waals surface area contributed by atoms with E-state index in [2.05, 4.69) is 23.6 Å². The van der Waals surface area contributed by atoms with Gasteiger partial charge in [0, 0.05) is 18.2 Å². The highest BCUT2D eigenvalue weighted by Crippen LogP contribution is 2.11. The number of phenols is 1. The molecule has 0 heterocycles. The minimum atomic E-state index is 0.0902. The first kappa shape index (κ1) is 15.7. The van der Waals surface area contributed by atoms with E-state index in [-0.39, 0.29) is 11.5 Å². The Morgan fingerprint density at radius 1 is 1.26 bits per heavy atom. The van der Waals surface area contributed by atoms with Crippen LogP contribution >= 0.6 is 0 Å². The van der Waals surface area contributed by atoms with Crippen molar-refractivity contribution in [1.29, 1.82) is 0 Å². The fourth-order valence-corrected chi connectivity index (χ4v) is 2.15. The van der Waals surface area contributed by atoms with E-state index in [9.17, 15) is 9.90 Å². The average molecular weight is 264 g/mol. The molecule has 0 aromatic heterocycles. The van der Waals surface area contributed by atoms with Gasteiger partial charge in [-0.25, -0.2) is 0 Å². The number of Topliss-reactive ketones (excluding diaryl/α,β-unsaturated/α-hetero) is 1. The van der Waals surface area contributed by atoms with Gasteiger partial charge >= 0.3 is 0 Å². The van der Waals surface area contributed by atoms with Gasteiger partial charge in [-0.1, -0.05) is 6.92 Å². The minimum absolute atomic E-state index is 0.0902. The smallest absolute Gasteiger partial charge is 0.176 e. The molecule has 1 aromatic rings. The summed E-state index contributed by atoms with van der Waals surface area (Å²) in [5, 5.41) is 9.23. The first-order valence-electron chi connectivity index (χ1n) is 6.65. The monoisotopic (exact) mass is 264 g/mol. The lowest BCUT2D eigenvalue weighted by Crippen LogP contribution is -2.42. The molecule has 0 radical (unpaired) electrons. The molecule has 1 unspecified atom stereocenters. The van der Waals surface area contributed by atoms with E-state index in [1.165, 1.54) is 0 Å². The van der Waals surface area contributed by atoms with Gasteiger partial charge in [0.05, 0.1) is 6.54 Å². The standard InChI is InChI=1S/C15H24N2O2/c1-5-17(12(2)10-16(3)4)11-15(19)13-6-8-14(18)9-7-13/h6-9,12,18H,5,10-11H2,1-4H3. The lowest BCUT2D eigenvalue weighted by Gasteiger charge is -2.29. The van der Waals surface area contributed by atoms with Crippen molar-refractivity contribution in [1.82, 2.24) is 9.80 Å². The molecule has 0 amide bonds. The number of nitrogens with zero attached hydrogens (tertiary/aromatic N) is 2. The van der Waals surface area contributed by atoms with Gasteiger partial charge in [0.15, 0.2) is 5.78 Å². The number of hydrogen-bond donors (Lipinski definition) is 1. The number of carbonyl (C=O) groups is 1. The van der Waals surface area contributed by atoms with Crippen molar-refractivity contribution in [3.63, 3.8) is 0 Å². The van der Waals surface area contributed by atoms with Gasteiger partial charge < -0.3 is 10.0 Å². The maximum Gasteiger partial charge on any atom is 0.176 e. The Bertz CT molecular complexity index is 401. The Kier molecular flexibility index (Phi) is 5.99. The second-order valence-electron chi connectivity index (χ2n) is 5.14. The van der Waals surface area contributed by atoms with E-state index in [1.54, 1.807) is 24.3 Å². The van der Waals surface area contributed by atoms with Gasteiger partial charge in [0.1, 0.15) is 5.75 Å². The van der Waals surface area contributed by atoms with E-state index in [0.717, 1.165) is 13.1 Å². The molecule has 0 fully saturated rings. The molecule has 4 heteroatoms. The third-order valence-electron chi connectivity index (χ3n) is 3.19. The normalized spacial score (nSPS) is 12.9. The number of likely N-dealkylation sites (N-methyl/N-ethyl adjacent to an activating group) is 2. The Labute approximate surface area is 115 Å². The fraction of sp³-hybridized carbons (Fsp3) is 0.533. The summed E-state index contributed by atoms with van der Waals surface area (Å²) >= 11 is 0. The summed E-state index contributed by atoms with van der Waals surface area (Å²) in [6, 6.07) is 6.77. The molecule has 1 atom stereocenters. The molecule has 19 heavy (non-hydrogen) atoms. The quantitative estimate of drug-likeness (QED) is 0.763. The second kappa shape index (κ2) is 7.26. The summed E-state index contributed by atoms with van der Waals surface area (Å²) < 4.78 is 0. The zero-order chi connectivity index (χ0) is 14.4. The third kappa shape index (κ3) is 5.01. The maximum atomic E-state index is 12.2. The summed E-state index contributed by atoms with van der Waals surface area (Å²) in [6.45, 7) is 6.38. The van der Waals surface area contributed by atoms with Gasteiger partial charge in [0.25, 0.3) is 0 Å². The van der Waals surface area contributed by atoms with Crippen LogP contribution in [0.4, 0.5) is 0 Å². The molecule has 0 aliphatic heterocycles. The fourth-order valence-electron chi connectivity index (χ4n) is 2.15. The van der Waals surface area contributed by atoms with Gasteiger partial charge in [0.2, 0.25) is 0 Å². The Morgan fingerprint density at radius 2 is 1.84 bits per heavy atom. The van der Waals surface area contributed by atoms with Gasteiger partial charge in [-0.15, -0.1) is 0 Å². The molecule has 0 bridgehead atoms. The van der Waals surface area contributed by atoms with E-state index >= 15 is 0 Å². The van der Waals surface area contributed by atoms with Crippen LogP contribution in [-0.2, 0) is 0 Å². The lowest BCUT2D eigenvalue weighted by atomic mass is 10.1. The lowest BCUT2D eigenvalue weighted by molar-refractivity contribution is 0.0888. The molecule has 0 aliphatic carbocycles. The van der Waals surface area contributed by atoms with Gasteiger partial charge in [-0.05, 0) is 51.8 Å². The molecule has 4 nitrogen and oxygen atoms in total. The van der Waals surface area contributed by atoms with Crippen LogP contribution in [0.5, 0.6) is 5.75 Å². The number of rotatable bonds is 7. The van der Waals surface area contributed by atoms with Crippen molar-refractivity contribution < 1.29 is 9.90 Å². The highest BCUT2D eigenvalue weighted by Gasteiger charge is 2.17. The van der Waals surface area contributed by atoms with Crippen LogP contribution in [-0.4, -0.2) is 60.5 Å². The third-order valence-corrected chi connectivity index (χ3v) is 3.19. The number of carbonyl (C=O) groups excluding carboxylic acids is 1. The summed E-state index contributed by atoms with van der Waals surface area (Å²) in [5.74, 6) is 0.275. The highest BCUT2D eigenvalue weighted by atomic mass is 16.3. The van der Waals surface area contributed by atoms with E-state index in [1.807, 2.05) is 14.1 Å². The minimum Gasteiger partial charge on any atom is -0.508 e. The Balaban J connectivity index is 2.65. The highest BCUT2D eigenvalue weighted by molar-refractivity contribution is 5.97. The van der Waals surface area contributed by atoms with Crippen LogP contribution in [0.15, 0.2) is 24.3 Å². The molecule has 0 aliphatic rings. The van der Waals surface area contributed by atoms with Crippen LogP contribution < -0.4 is 0 Å². The van der Waals surface area contributed by atoms with Crippen LogP contribution in [0.25, 0.3) is 0 Å². The van der Waals surface area contributed by atoms with Crippen LogP contribution in [0.1, 0.15) is 24.2 Å². The molecule has 106 valence electrons. The predicted octanol–water partition coefficient (Wildman–Crippen LogP) is 1.85. The van der Waals surface area contributed by atoms with Crippen molar-refractivity contribution in [3.05, 3.63) is 29.8 Å². The Morgan fingerprint density at radius 3 is 2.32 bits per heavy atom. The van der Waals surface area contributed by atoms with Crippen molar-refractivity contribution in [3.8, 4) is 5.75 Å². The molecule has 1 aromatic carbocycles. The summed E-state index contributed by atoms with van der Waals surface area (Å²) in [5.41, 5.74) is 0.647. The topological polar surface area (TPSA) is 43.8 Å². The molecule has 0 saturated heterocycles. The predicted molar refractivity (Wildman–Crippen MR) is 77.7 cm³/mol. The summed E-state index contributed by atoms with van der Waals surface area (Å²) in [4.78, 5) is 16.5. The first-order chi connectivity index (χ1) is 8.93. The number of benzene rings is 1. The SMILES string of the molecule is CCN(CC(=O)c1ccc(O)cc1)C(C)CN(C)C. The maximum absolute atomic E-state index is 12.2. The second-order valence-corrected chi connectivity index (χ2v) is 5.14. The summed E-state index contributed by atoms with van der Waals surface area (Å²) in [6.07, 6.45) is 0. The van der Waals surface area contributed by atoms with E-state index in [0.29, 0.717) is 18.2 Å². The number of ketones is 1.